The van der Waals surface area contributed by atoms with Gasteiger partial charge in [0, 0.05) is 11.6 Å². The van der Waals surface area contributed by atoms with Gasteiger partial charge in [0.05, 0.1) is 13.1 Å². The standard InChI is InChI=1S/C10H10F2N4/c11-8-2-1-7(9(12)3-8)5-16-6-14-10(4-13)15-16/h1-3,6H,4-5,13H2. The third kappa shape index (κ3) is 2.22. The average molecular weight is 224 g/mol. The molecular weight excluding hydrogens is 214 g/mol. The second kappa shape index (κ2) is 4.36. The van der Waals surface area contributed by atoms with E-state index in [1.54, 1.807) is 0 Å². The highest BCUT2D eigenvalue weighted by atomic mass is 19.1. The maximum absolute atomic E-state index is 13.3. The smallest absolute Gasteiger partial charge is 0.164 e. The van der Waals surface area contributed by atoms with Crippen LogP contribution in [0.5, 0.6) is 0 Å². The number of benzene rings is 1. The molecule has 0 saturated carbocycles. The summed E-state index contributed by atoms with van der Waals surface area (Å²) >= 11 is 0. The number of nitrogens with zero attached hydrogens (tertiary/aromatic N) is 3. The summed E-state index contributed by atoms with van der Waals surface area (Å²) in [5.74, 6) is -0.699. The molecule has 0 fully saturated rings. The van der Waals surface area contributed by atoms with Crippen LogP contribution < -0.4 is 5.73 Å². The summed E-state index contributed by atoms with van der Waals surface area (Å²) in [7, 11) is 0. The van der Waals surface area contributed by atoms with Gasteiger partial charge in [-0.05, 0) is 6.07 Å². The SMILES string of the molecule is NCc1ncn(Cc2ccc(F)cc2F)n1. The van der Waals surface area contributed by atoms with E-state index in [1.807, 2.05) is 0 Å². The maximum atomic E-state index is 13.3. The van der Waals surface area contributed by atoms with Crippen LogP contribution in [0.25, 0.3) is 0 Å². The van der Waals surface area contributed by atoms with Crippen molar-refractivity contribution in [3.8, 4) is 0 Å². The summed E-state index contributed by atoms with van der Waals surface area (Å²) in [5.41, 5.74) is 5.70. The zero-order chi connectivity index (χ0) is 11.5. The first-order valence-electron chi connectivity index (χ1n) is 4.71. The predicted molar refractivity (Wildman–Crippen MR) is 53.4 cm³/mol. The first-order chi connectivity index (χ1) is 7.69. The van der Waals surface area contributed by atoms with Crippen LogP contribution in [-0.2, 0) is 13.1 Å². The molecule has 2 aromatic rings. The second-order valence-electron chi connectivity index (χ2n) is 3.30. The normalized spacial score (nSPS) is 10.7. The highest BCUT2D eigenvalue weighted by molar-refractivity contribution is 5.18. The summed E-state index contributed by atoms with van der Waals surface area (Å²) in [4.78, 5) is 3.91. The van der Waals surface area contributed by atoms with Gasteiger partial charge in [0.15, 0.2) is 5.82 Å². The molecule has 0 saturated heterocycles. The lowest BCUT2D eigenvalue weighted by atomic mass is 10.2. The number of hydrogen-bond donors (Lipinski definition) is 1. The van der Waals surface area contributed by atoms with E-state index in [-0.39, 0.29) is 13.1 Å². The van der Waals surface area contributed by atoms with E-state index in [4.69, 9.17) is 5.73 Å². The van der Waals surface area contributed by atoms with Gasteiger partial charge in [-0.2, -0.15) is 5.10 Å². The molecule has 0 bridgehead atoms. The molecule has 2 N–H and O–H groups in total. The number of nitrogens with two attached hydrogens (primary N) is 1. The quantitative estimate of drug-likeness (QED) is 0.848. The molecule has 0 spiro atoms. The third-order valence-electron chi connectivity index (χ3n) is 2.11. The van der Waals surface area contributed by atoms with Gasteiger partial charge in [0.1, 0.15) is 18.0 Å². The molecule has 0 radical (unpaired) electrons. The van der Waals surface area contributed by atoms with Gasteiger partial charge >= 0.3 is 0 Å². The van der Waals surface area contributed by atoms with E-state index in [9.17, 15) is 8.78 Å². The van der Waals surface area contributed by atoms with E-state index >= 15 is 0 Å². The van der Waals surface area contributed by atoms with Gasteiger partial charge < -0.3 is 5.73 Å². The van der Waals surface area contributed by atoms with Crippen molar-refractivity contribution in [2.24, 2.45) is 5.73 Å². The van der Waals surface area contributed by atoms with Crippen molar-refractivity contribution < 1.29 is 8.78 Å². The molecule has 0 amide bonds. The molecule has 0 aliphatic carbocycles. The Balaban J connectivity index is 2.20. The molecule has 0 atom stereocenters. The van der Waals surface area contributed by atoms with Gasteiger partial charge in [-0.15, -0.1) is 0 Å². The van der Waals surface area contributed by atoms with Gasteiger partial charge in [-0.1, -0.05) is 6.07 Å². The van der Waals surface area contributed by atoms with Crippen LogP contribution in [0, 0.1) is 11.6 Å². The molecule has 1 heterocycles. The number of aromatic nitrogens is 3. The zero-order valence-corrected chi connectivity index (χ0v) is 8.40. The summed E-state index contributed by atoms with van der Waals surface area (Å²) in [6.45, 7) is 0.442. The lowest BCUT2D eigenvalue weighted by Gasteiger charge is -2.02. The van der Waals surface area contributed by atoms with Gasteiger partial charge in [0.2, 0.25) is 0 Å². The Labute approximate surface area is 90.7 Å². The molecule has 0 unspecified atom stereocenters. The van der Waals surface area contributed by atoms with Crippen molar-refractivity contribution in [2.45, 2.75) is 13.1 Å². The van der Waals surface area contributed by atoms with Crippen LogP contribution in [0.4, 0.5) is 8.78 Å². The van der Waals surface area contributed by atoms with Crippen molar-refractivity contribution >= 4 is 0 Å². The predicted octanol–water partition coefficient (Wildman–Crippen LogP) is 1.06. The molecule has 1 aromatic carbocycles. The van der Waals surface area contributed by atoms with E-state index in [0.29, 0.717) is 11.4 Å². The van der Waals surface area contributed by atoms with Crippen molar-refractivity contribution in [1.82, 2.24) is 14.8 Å². The van der Waals surface area contributed by atoms with Crippen LogP contribution in [0.3, 0.4) is 0 Å². The first kappa shape index (κ1) is 10.7. The minimum absolute atomic E-state index is 0.207. The van der Waals surface area contributed by atoms with E-state index in [2.05, 4.69) is 10.1 Å². The second-order valence-corrected chi connectivity index (χ2v) is 3.30. The zero-order valence-electron chi connectivity index (χ0n) is 8.40. The van der Waals surface area contributed by atoms with Crippen molar-refractivity contribution in [3.05, 3.63) is 47.5 Å². The summed E-state index contributed by atoms with van der Waals surface area (Å²) < 4.78 is 27.4. The van der Waals surface area contributed by atoms with Crippen LogP contribution >= 0.6 is 0 Å². The van der Waals surface area contributed by atoms with Gasteiger partial charge in [-0.25, -0.2) is 18.4 Å². The maximum Gasteiger partial charge on any atom is 0.164 e. The molecule has 6 heteroatoms. The molecule has 84 valence electrons. The van der Waals surface area contributed by atoms with E-state index < -0.39 is 11.6 Å². The fourth-order valence-electron chi connectivity index (χ4n) is 1.33. The largest absolute Gasteiger partial charge is 0.324 e. The molecule has 0 aliphatic heterocycles. The monoisotopic (exact) mass is 224 g/mol. The van der Waals surface area contributed by atoms with Gasteiger partial charge in [-0.3, -0.25) is 0 Å². The number of rotatable bonds is 3. The molecule has 2 rings (SSSR count). The van der Waals surface area contributed by atoms with E-state index in [1.165, 1.54) is 23.1 Å². The van der Waals surface area contributed by atoms with Crippen LogP contribution in [-0.4, -0.2) is 14.8 Å². The lowest BCUT2D eigenvalue weighted by molar-refractivity contribution is 0.557. The fourth-order valence-corrected chi connectivity index (χ4v) is 1.33. The Morgan fingerprint density at radius 2 is 2.12 bits per heavy atom. The lowest BCUT2D eigenvalue weighted by Crippen LogP contribution is -2.05. The topological polar surface area (TPSA) is 56.7 Å². The Hall–Kier alpha value is -1.82. The minimum Gasteiger partial charge on any atom is -0.324 e. The highest BCUT2D eigenvalue weighted by Crippen LogP contribution is 2.10. The Kier molecular flexibility index (Phi) is 2.91. The van der Waals surface area contributed by atoms with Crippen molar-refractivity contribution in [2.75, 3.05) is 0 Å². The number of hydrogen-bond acceptors (Lipinski definition) is 3. The Morgan fingerprint density at radius 1 is 1.31 bits per heavy atom. The average Bonchev–Trinajstić information content (AvgIpc) is 2.70. The summed E-state index contributed by atoms with van der Waals surface area (Å²) in [5, 5.41) is 4.01. The Bertz CT molecular complexity index is 495. The number of halogens is 2. The van der Waals surface area contributed by atoms with Crippen LogP contribution in [0.2, 0.25) is 0 Å². The molecule has 0 aliphatic rings. The van der Waals surface area contributed by atoms with Gasteiger partial charge in [0.25, 0.3) is 0 Å². The van der Waals surface area contributed by atoms with Crippen molar-refractivity contribution in [1.29, 1.82) is 0 Å². The summed E-state index contributed by atoms with van der Waals surface area (Å²) in [6.07, 6.45) is 1.46. The fraction of sp³-hybridized carbons (Fsp3) is 0.200. The molecule has 4 nitrogen and oxygen atoms in total. The molecule has 16 heavy (non-hydrogen) atoms. The highest BCUT2D eigenvalue weighted by Gasteiger charge is 2.05. The molecule has 1 aromatic heterocycles. The summed E-state index contributed by atoms with van der Waals surface area (Å²) in [6, 6.07) is 3.43. The Morgan fingerprint density at radius 3 is 2.75 bits per heavy atom. The molecular formula is C10H10F2N4. The first-order valence-corrected chi connectivity index (χ1v) is 4.71. The third-order valence-corrected chi connectivity index (χ3v) is 2.11. The minimum atomic E-state index is -0.595. The van der Waals surface area contributed by atoms with E-state index in [0.717, 1.165) is 6.07 Å². The van der Waals surface area contributed by atoms with Crippen LogP contribution in [0.1, 0.15) is 11.4 Å². The van der Waals surface area contributed by atoms with Crippen LogP contribution in [0.15, 0.2) is 24.5 Å². The van der Waals surface area contributed by atoms with Crippen molar-refractivity contribution in [3.63, 3.8) is 0 Å².